The molecule has 8 nitrogen and oxygen atoms in total. The summed E-state index contributed by atoms with van der Waals surface area (Å²) >= 11 is 0. The minimum atomic E-state index is -3.35. The number of ether oxygens (including phenoxy) is 1. The van der Waals surface area contributed by atoms with Crippen LogP contribution >= 0.6 is 0 Å². The van der Waals surface area contributed by atoms with Crippen molar-refractivity contribution in [1.29, 1.82) is 5.26 Å². The number of pyridine rings is 1. The maximum absolute atomic E-state index is 14.7. The monoisotopic (exact) mass is 532 g/mol. The highest BCUT2D eigenvalue weighted by Crippen LogP contribution is 2.47. The molecule has 200 valence electrons. The van der Waals surface area contributed by atoms with Crippen molar-refractivity contribution in [1.82, 2.24) is 9.88 Å². The summed E-state index contributed by atoms with van der Waals surface area (Å²) < 4.78 is 34.9. The van der Waals surface area contributed by atoms with Crippen molar-refractivity contribution in [3.63, 3.8) is 0 Å². The van der Waals surface area contributed by atoms with Gasteiger partial charge in [-0.2, -0.15) is 5.26 Å². The van der Waals surface area contributed by atoms with Crippen LogP contribution in [0.4, 0.5) is 14.5 Å². The van der Waals surface area contributed by atoms with Crippen LogP contribution in [0.3, 0.4) is 0 Å². The van der Waals surface area contributed by atoms with E-state index in [0.717, 1.165) is 22.4 Å². The standard InChI is InChI=1S/C29H26F2N4O4/c30-29(31)17-35(27(37)16-36)10-8-26(29)39-25-7-6-19(11-21(25)14-32)18-3-1-5-22(12-18)34-28(38)24-13-23(24)20-4-2-9-33-15-20/h1-7,9,11-12,15,23-24,26,36H,8,10,13,16-17H2,(H,34,38)/t23-,24+,26-/m0/s1. The van der Waals surface area contributed by atoms with Gasteiger partial charge in [0.2, 0.25) is 11.8 Å². The van der Waals surface area contributed by atoms with Gasteiger partial charge < -0.3 is 20.1 Å². The zero-order valence-electron chi connectivity index (χ0n) is 20.9. The number of benzene rings is 2. The highest BCUT2D eigenvalue weighted by atomic mass is 19.3. The number of likely N-dealkylation sites (tertiary alicyclic amines) is 1. The summed E-state index contributed by atoms with van der Waals surface area (Å²) in [6.45, 7) is -1.68. The summed E-state index contributed by atoms with van der Waals surface area (Å²) in [5.74, 6) is -4.13. The van der Waals surface area contributed by atoms with Crippen molar-refractivity contribution >= 4 is 17.5 Å². The highest BCUT2D eigenvalue weighted by molar-refractivity contribution is 5.95. The second-order valence-corrected chi connectivity index (χ2v) is 9.76. The average Bonchev–Trinajstić information content (AvgIpc) is 3.76. The minimum Gasteiger partial charge on any atom is -0.483 e. The number of hydrogen-bond donors (Lipinski definition) is 2. The summed E-state index contributed by atoms with van der Waals surface area (Å²) in [5.41, 5.74) is 3.13. The van der Waals surface area contributed by atoms with Gasteiger partial charge in [-0.1, -0.05) is 24.3 Å². The zero-order valence-corrected chi connectivity index (χ0v) is 20.9. The topological polar surface area (TPSA) is 116 Å². The van der Waals surface area contributed by atoms with Crippen LogP contribution in [0.1, 0.15) is 29.9 Å². The summed E-state index contributed by atoms with van der Waals surface area (Å²) in [4.78, 5) is 29.4. The highest BCUT2D eigenvalue weighted by Gasteiger charge is 2.48. The lowest BCUT2D eigenvalue weighted by Gasteiger charge is -2.38. The van der Waals surface area contributed by atoms with Crippen LogP contribution in [0, 0.1) is 17.2 Å². The molecule has 3 aromatic rings. The number of halogens is 2. The fourth-order valence-corrected chi connectivity index (χ4v) is 4.89. The van der Waals surface area contributed by atoms with Gasteiger partial charge in [-0.05, 0) is 59.4 Å². The molecular weight excluding hydrogens is 506 g/mol. The van der Waals surface area contributed by atoms with Gasteiger partial charge in [0.1, 0.15) is 18.4 Å². The van der Waals surface area contributed by atoms with Crippen LogP contribution in [-0.2, 0) is 9.59 Å². The number of amides is 2. The molecule has 3 atom stereocenters. The van der Waals surface area contributed by atoms with Gasteiger partial charge in [-0.3, -0.25) is 14.6 Å². The number of nitrogens with one attached hydrogen (secondary N) is 1. The van der Waals surface area contributed by atoms with Crippen molar-refractivity contribution in [2.75, 3.05) is 25.0 Å². The Labute approximate surface area is 223 Å². The maximum atomic E-state index is 14.7. The number of hydrogen-bond acceptors (Lipinski definition) is 6. The van der Waals surface area contributed by atoms with Gasteiger partial charge in [-0.25, -0.2) is 8.78 Å². The lowest BCUT2D eigenvalue weighted by molar-refractivity contribution is -0.161. The number of aliphatic hydroxyl groups is 1. The van der Waals surface area contributed by atoms with E-state index in [0.29, 0.717) is 11.3 Å². The third-order valence-electron chi connectivity index (χ3n) is 7.09. The molecule has 1 saturated heterocycles. The van der Waals surface area contributed by atoms with E-state index in [1.165, 1.54) is 6.07 Å². The number of alkyl halides is 2. The molecule has 2 aromatic carbocycles. The molecule has 1 aliphatic heterocycles. The lowest BCUT2D eigenvalue weighted by Crippen LogP contribution is -2.55. The largest absolute Gasteiger partial charge is 0.483 e. The van der Waals surface area contributed by atoms with Crippen LogP contribution in [0.5, 0.6) is 5.75 Å². The average molecular weight is 533 g/mol. The Balaban J connectivity index is 1.27. The zero-order chi connectivity index (χ0) is 27.6. The van der Waals surface area contributed by atoms with Crippen molar-refractivity contribution in [2.24, 2.45) is 5.92 Å². The Hall–Kier alpha value is -4.36. The van der Waals surface area contributed by atoms with Crippen LogP contribution < -0.4 is 10.1 Å². The lowest BCUT2D eigenvalue weighted by atomic mass is 10.0. The number of anilines is 1. The Bertz CT molecular complexity index is 1430. The Morgan fingerprint density at radius 3 is 2.72 bits per heavy atom. The molecule has 5 rings (SSSR count). The molecule has 2 N–H and O–H groups in total. The molecule has 0 unspecified atom stereocenters. The third kappa shape index (κ3) is 5.73. The SMILES string of the molecule is N#Cc1cc(-c2cccc(NC(=O)[C@@H]3C[C@H]3c3cccnc3)c2)ccc1O[C@H]1CCN(C(=O)CO)CC1(F)F. The van der Waals surface area contributed by atoms with Crippen molar-refractivity contribution in [3.8, 4) is 22.9 Å². The van der Waals surface area contributed by atoms with Gasteiger partial charge in [0.05, 0.1) is 12.1 Å². The number of aliphatic hydroxyl groups excluding tert-OH is 1. The smallest absolute Gasteiger partial charge is 0.301 e. The van der Waals surface area contributed by atoms with Crippen molar-refractivity contribution in [3.05, 3.63) is 78.1 Å². The molecule has 0 bridgehead atoms. The fourth-order valence-electron chi connectivity index (χ4n) is 4.89. The van der Waals surface area contributed by atoms with Gasteiger partial charge >= 0.3 is 5.92 Å². The summed E-state index contributed by atoms with van der Waals surface area (Å²) in [6, 6.07) is 17.7. The predicted octanol–water partition coefficient (Wildman–Crippen LogP) is 3.97. The second kappa shape index (κ2) is 10.8. The van der Waals surface area contributed by atoms with Gasteiger partial charge in [0, 0.05) is 37.0 Å². The normalized spacial score (nSPS) is 21.5. The number of rotatable bonds is 7. The van der Waals surface area contributed by atoms with E-state index in [1.807, 2.05) is 24.3 Å². The molecule has 2 amide bonds. The Morgan fingerprint density at radius 2 is 2.00 bits per heavy atom. The first-order valence-electron chi connectivity index (χ1n) is 12.6. The third-order valence-corrected chi connectivity index (χ3v) is 7.09. The maximum Gasteiger partial charge on any atom is 0.301 e. The Kier molecular flexibility index (Phi) is 7.26. The van der Waals surface area contributed by atoms with Crippen LogP contribution in [-0.4, -0.2) is 58.5 Å². The summed E-state index contributed by atoms with van der Waals surface area (Å²) in [6.07, 6.45) is 2.58. The molecule has 10 heteroatoms. The van der Waals surface area contributed by atoms with E-state index >= 15 is 0 Å². The molecule has 1 saturated carbocycles. The number of carbonyl (C=O) groups excluding carboxylic acids is 2. The number of carbonyl (C=O) groups is 2. The number of piperidine rings is 1. The van der Waals surface area contributed by atoms with Crippen molar-refractivity contribution < 1.29 is 28.2 Å². The first-order valence-corrected chi connectivity index (χ1v) is 12.6. The van der Waals surface area contributed by atoms with Gasteiger partial charge in [0.15, 0.2) is 6.10 Å². The number of nitrogens with zero attached hydrogens (tertiary/aromatic N) is 3. The van der Waals surface area contributed by atoms with E-state index < -0.39 is 31.1 Å². The van der Waals surface area contributed by atoms with E-state index in [-0.39, 0.29) is 42.0 Å². The number of aromatic nitrogens is 1. The first kappa shape index (κ1) is 26.3. The molecule has 0 radical (unpaired) electrons. The van der Waals surface area contributed by atoms with E-state index in [9.17, 15) is 23.6 Å². The molecular formula is C29H26F2N4O4. The molecule has 0 spiro atoms. The van der Waals surface area contributed by atoms with Crippen molar-refractivity contribution in [2.45, 2.75) is 30.8 Å². The first-order chi connectivity index (χ1) is 18.8. The van der Waals surface area contributed by atoms with Crippen LogP contribution in [0.2, 0.25) is 0 Å². The number of nitriles is 1. The molecule has 2 fully saturated rings. The minimum absolute atomic E-state index is 0.0158. The summed E-state index contributed by atoms with van der Waals surface area (Å²) in [5, 5.41) is 21.6. The predicted molar refractivity (Wildman–Crippen MR) is 138 cm³/mol. The Morgan fingerprint density at radius 1 is 1.18 bits per heavy atom. The van der Waals surface area contributed by atoms with Gasteiger partial charge in [-0.15, -0.1) is 0 Å². The van der Waals surface area contributed by atoms with Crippen LogP contribution in [0.15, 0.2) is 67.0 Å². The molecule has 1 aliphatic carbocycles. The molecule has 2 aliphatic rings. The van der Waals surface area contributed by atoms with E-state index in [1.54, 1.807) is 42.7 Å². The van der Waals surface area contributed by atoms with Crippen LogP contribution in [0.25, 0.3) is 11.1 Å². The quantitative estimate of drug-likeness (QED) is 0.476. The summed E-state index contributed by atoms with van der Waals surface area (Å²) in [7, 11) is 0. The molecule has 2 heterocycles. The fraction of sp³-hybridized carbons (Fsp3) is 0.310. The van der Waals surface area contributed by atoms with E-state index in [2.05, 4.69) is 10.3 Å². The molecule has 1 aromatic heterocycles. The van der Waals surface area contributed by atoms with Gasteiger partial charge in [0.25, 0.3) is 0 Å². The van der Waals surface area contributed by atoms with E-state index in [4.69, 9.17) is 9.84 Å². The second-order valence-electron chi connectivity index (χ2n) is 9.76. The molecule has 39 heavy (non-hydrogen) atoms.